The van der Waals surface area contributed by atoms with Gasteiger partial charge >= 0.3 is 0 Å². The number of carbonyl (C=O) groups is 1. The van der Waals surface area contributed by atoms with E-state index in [-0.39, 0.29) is 11.7 Å². The highest BCUT2D eigenvalue weighted by atomic mass is 32.2. The Morgan fingerprint density at radius 3 is 2.67 bits per heavy atom. The van der Waals surface area contributed by atoms with Gasteiger partial charge in [0.05, 0.1) is 12.0 Å². The van der Waals surface area contributed by atoms with Gasteiger partial charge in [0, 0.05) is 24.5 Å². The molecule has 1 aliphatic heterocycles. The number of piperidine rings is 1. The molecule has 1 amide bonds. The maximum atomic E-state index is 12.2. The zero-order valence-corrected chi connectivity index (χ0v) is 15.6. The molecule has 140 valence electrons. The second kappa shape index (κ2) is 8.30. The molecule has 0 saturated carbocycles. The van der Waals surface area contributed by atoms with Crippen LogP contribution < -0.4 is 10.2 Å². The molecule has 8 heteroatoms. The summed E-state index contributed by atoms with van der Waals surface area (Å²) < 4.78 is 10.7. The van der Waals surface area contributed by atoms with Crippen LogP contribution >= 0.6 is 11.8 Å². The molecule has 0 aliphatic carbocycles. The molecular weight excluding hydrogens is 364 g/mol. The van der Waals surface area contributed by atoms with Crippen LogP contribution in [0.1, 0.15) is 19.3 Å². The zero-order chi connectivity index (χ0) is 18.5. The molecule has 1 saturated heterocycles. The summed E-state index contributed by atoms with van der Waals surface area (Å²) in [5.41, 5.74) is 1.99. The molecule has 0 spiro atoms. The van der Waals surface area contributed by atoms with Crippen molar-refractivity contribution in [1.82, 2.24) is 10.2 Å². The topological polar surface area (TPSA) is 84.4 Å². The second-order valence-corrected chi connectivity index (χ2v) is 7.21. The van der Waals surface area contributed by atoms with Crippen molar-refractivity contribution in [2.45, 2.75) is 24.5 Å². The van der Waals surface area contributed by atoms with Crippen LogP contribution in [-0.4, -0.2) is 34.9 Å². The third-order valence-electron chi connectivity index (χ3n) is 4.34. The zero-order valence-electron chi connectivity index (χ0n) is 14.8. The average Bonchev–Trinajstić information content (AvgIpc) is 3.39. The Labute approximate surface area is 161 Å². The number of amides is 1. The van der Waals surface area contributed by atoms with Crippen LogP contribution in [-0.2, 0) is 4.79 Å². The minimum atomic E-state index is -0.122. The van der Waals surface area contributed by atoms with Gasteiger partial charge in [0.2, 0.25) is 5.91 Å². The molecule has 1 aliphatic rings. The molecule has 0 bridgehead atoms. The lowest BCUT2D eigenvalue weighted by atomic mass is 10.1. The van der Waals surface area contributed by atoms with Crippen LogP contribution in [0.5, 0.6) is 0 Å². The van der Waals surface area contributed by atoms with Crippen LogP contribution in [0.2, 0.25) is 0 Å². The van der Waals surface area contributed by atoms with Crippen LogP contribution in [0.3, 0.4) is 0 Å². The number of hydrogen-bond donors (Lipinski definition) is 1. The predicted octanol–water partition coefficient (Wildman–Crippen LogP) is 4.05. The standard InChI is InChI=1S/C19H20N4O3S/c24-17(13-27-19-22-21-18(26-19)16-5-4-12-25-16)20-14-6-8-15(9-7-14)23-10-2-1-3-11-23/h4-9,12H,1-3,10-11,13H2,(H,20,24). The monoisotopic (exact) mass is 384 g/mol. The first-order valence-corrected chi connectivity index (χ1v) is 9.91. The summed E-state index contributed by atoms with van der Waals surface area (Å²) >= 11 is 1.19. The first kappa shape index (κ1) is 17.7. The lowest BCUT2D eigenvalue weighted by Gasteiger charge is -2.28. The summed E-state index contributed by atoms with van der Waals surface area (Å²) in [5.74, 6) is 0.875. The Morgan fingerprint density at radius 1 is 1.11 bits per heavy atom. The van der Waals surface area contributed by atoms with Gasteiger partial charge in [0.1, 0.15) is 0 Å². The molecule has 0 unspecified atom stereocenters. The van der Waals surface area contributed by atoms with Crippen molar-refractivity contribution in [2.75, 3.05) is 29.1 Å². The number of rotatable bonds is 6. The van der Waals surface area contributed by atoms with Crippen LogP contribution in [0.15, 0.2) is 56.7 Å². The fraction of sp³-hybridized carbons (Fsp3) is 0.316. The van der Waals surface area contributed by atoms with Gasteiger partial charge in [0.25, 0.3) is 11.1 Å². The van der Waals surface area contributed by atoms with E-state index >= 15 is 0 Å². The van der Waals surface area contributed by atoms with Crippen molar-refractivity contribution in [3.05, 3.63) is 42.7 Å². The highest BCUT2D eigenvalue weighted by molar-refractivity contribution is 7.99. The lowest BCUT2D eigenvalue weighted by molar-refractivity contribution is -0.113. The minimum absolute atomic E-state index is 0.122. The van der Waals surface area contributed by atoms with Gasteiger partial charge < -0.3 is 19.1 Å². The van der Waals surface area contributed by atoms with Gasteiger partial charge in [0.15, 0.2) is 5.76 Å². The molecule has 0 atom stereocenters. The number of furan rings is 1. The molecule has 0 radical (unpaired) electrons. The van der Waals surface area contributed by atoms with Crippen LogP contribution in [0, 0.1) is 0 Å². The van der Waals surface area contributed by atoms with Crippen LogP contribution in [0.25, 0.3) is 11.7 Å². The predicted molar refractivity (Wildman–Crippen MR) is 104 cm³/mol. The first-order chi connectivity index (χ1) is 13.3. The summed E-state index contributed by atoms with van der Waals surface area (Å²) in [5, 5.41) is 11.0. The lowest BCUT2D eigenvalue weighted by Crippen LogP contribution is -2.29. The molecular formula is C19H20N4O3S. The number of thioether (sulfide) groups is 1. The summed E-state index contributed by atoms with van der Waals surface area (Å²) in [6, 6.07) is 11.5. The summed E-state index contributed by atoms with van der Waals surface area (Å²) in [7, 11) is 0. The number of benzene rings is 1. The molecule has 1 N–H and O–H groups in total. The molecule has 2 aromatic heterocycles. The van der Waals surface area contributed by atoms with Crippen molar-refractivity contribution < 1.29 is 13.6 Å². The minimum Gasteiger partial charge on any atom is -0.459 e. The second-order valence-electron chi connectivity index (χ2n) is 6.28. The number of anilines is 2. The van der Waals surface area contributed by atoms with Crippen molar-refractivity contribution >= 4 is 29.0 Å². The van der Waals surface area contributed by atoms with E-state index < -0.39 is 0 Å². The number of nitrogens with zero attached hydrogens (tertiary/aromatic N) is 3. The highest BCUT2D eigenvalue weighted by Gasteiger charge is 2.14. The fourth-order valence-electron chi connectivity index (χ4n) is 3.00. The highest BCUT2D eigenvalue weighted by Crippen LogP contribution is 2.24. The van der Waals surface area contributed by atoms with E-state index in [0.717, 1.165) is 18.8 Å². The van der Waals surface area contributed by atoms with Gasteiger partial charge in [-0.15, -0.1) is 10.2 Å². The van der Waals surface area contributed by atoms with Gasteiger partial charge in [-0.1, -0.05) is 11.8 Å². The fourth-order valence-corrected chi connectivity index (χ4v) is 3.56. The summed E-state index contributed by atoms with van der Waals surface area (Å²) in [4.78, 5) is 14.5. The van der Waals surface area contributed by atoms with Crippen LogP contribution in [0.4, 0.5) is 11.4 Å². The number of nitrogens with one attached hydrogen (secondary N) is 1. The normalized spacial score (nSPS) is 14.3. The number of carbonyl (C=O) groups excluding carboxylic acids is 1. The quantitative estimate of drug-likeness (QED) is 0.642. The molecule has 1 fully saturated rings. The Morgan fingerprint density at radius 2 is 1.93 bits per heavy atom. The van der Waals surface area contributed by atoms with Gasteiger partial charge in [-0.3, -0.25) is 4.79 Å². The van der Waals surface area contributed by atoms with Crippen molar-refractivity contribution in [2.24, 2.45) is 0 Å². The van der Waals surface area contributed by atoms with E-state index in [2.05, 4.69) is 32.5 Å². The van der Waals surface area contributed by atoms with Gasteiger partial charge in [-0.2, -0.15) is 0 Å². The van der Waals surface area contributed by atoms with E-state index in [9.17, 15) is 4.79 Å². The average molecular weight is 384 g/mol. The third kappa shape index (κ3) is 4.51. The molecule has 3 heterocycles. The van der Waals surface area contributed by atoms with Crippen molar-refractivity contribution in [3.63, 3.8) is 0 Å². The molecule has 1 aromatic carbocycles. The van der Waals surface area contributed by atoms with E-state index in [1.165, 1.54) is 43.0 Å². The Bertz CT molecular complexity index is 871. The SMILES string of the molecule is O=C(CSc1nnc(-c2ccco2)o1)Nc1ccc(N2CCCCC2)cc1. The molecule has 27 heavy (non-hydrogen) atoms. The summed E-state index contributed by atoms with van der Waals surface area (Å²) in [6.07, 6.45) is 5.34. The maximum absolute atomic E-state index is 12.2. The maximum Gasteiger partial charge on any atom is 0.284 e. The van der Waals surface area contributed by atoms with Crippen molar-refractivity contribution in [3.8, 4) is 11.7 Å². The third-order valence-corrected chi connectivity index (χ3v) is 5.16. The smallest absolute Gasteiger partial charge is 0.284 e. The Kier molecular flexibility index (Phi) is 5.43. The first-order valence-electron chi connectivity index (χ1n) is 8.93. The van der Waals surface area contributed by atoms with E-state index in [4.69, 9.17) is 8.83 Å². The largest absolute Gasteiger partial charge is 0.459 e. The van der Waals surface area contributed by atoms with E-state index in [1.54, 1.807) is 12.1 Å². The Hall–Kier alpha value is -2.74. The molecule has 4 rings (SSSR count). The number of hydrogen-bond acceptors (Lipinski definition) is 7. The Balaban J connectivity index is 1.28. The summed E-state index contributed by atoms with van der Waals surface area (Å²) in [6.45, 7) is 2.21. The van der Waals surface area contributed by atoms with E-state index in [0.29, 0.717) is 16.9 Å². The van der Waals surface area contributed by atoms with Gasteiger partial charge in [-0.25, -0.2) is 0 Å². The van der Waals surface area contributed by atoms with E-state index in [1.807, 2.05) is 12.1 Å². The van der Waals surface area contributed by atoms with Crippen molar-refractivity contribution in [1.29, 1.82) is 0 Å². The molecule has 7 nitrogen and oxygen atoms in total. The van der Waals surface area contributed by atoms with Gasteiger partial charge in [-0.05, 0) is 55.7 Å². The number of aromatic nitrogens is 2. The molecule has 3 aromatic rings.